The van der Waals surface area contributed by atoms with Gasteiger partial charge in [0.05, 0.1) is 12.0 Å². The standard InChI is InChI=1S/C22H27ClN4O2/c1-2-29-20-10-9-19(24-25-20)26-13-15-27(16-14-26)21(28)22(11-3-4-12-22)17-5-7-18(23)8-6-17/h5-10H,2-4,11-16H2,1H3. The Bertz CT molecular complexity index is 827. The molecule has 0 spiro atoms. The number of hydrogen-bond donors (Lipinski definition) is 0. The van der Waals surface area contributed by atoms with Crippen LogP contribution in [0.3, 0.4) is 0 Å². The van der Waals surface area contributed by atoms with Crippen LogP contribution in [-0.2, 0) is 10.2 Å². The van der Waals surface area contributed by atoms with Crippen LogP contribution in [0.15, 0.2) is 36.4 Å². The first-order valence-corrected chi connectivity index (χ1v) is 10.8. The molecule has 0 atom stereocenters. The molecule has 1 saturated carbocycles. The lowest BCUT2D eigenvalue weighted by Crippen LogP contribution is -2.54. The van der Waals surface area contributed by atoms with Crippen LogP contribution in [0.4, 0.5) is 5.82 Å². The number of benzene rings is 1. The summed E-state index contributed by atoms with van der Waals surface area (Å²) in [6, 6.07) is 11.6. The highest BCUT2D eigenvalue weighted by molar-refractivity contribution is 6.30. The van der Waals surface area contributed by atoms with Crippen molar-refractivity contribution in [1.82, 2.24) is 15.1 Å². The van der Waals surface area contributed by atoms with Gasteiger partial charge in [0.2, 0.25) is 11.8 Å². The third-order valence-corrected chi connectivity index (χ3v) is 6.32. The molecule has 7 heteroatoms. The minimum atomic E-state index is -0.397. The monoisotopic (exact) mass is 414 g/mol. The van der Waals surface area contributed by atoms with Crippen molar-refractivity contribution in [2.24, 2.45) is 0 Å². The van der Waals surface area contributed by atoms with Crippen molar-refractivity contribution in [3.63, 3.8) is 0 Å². The molecular weight excluding hydrogens is 388 g/mol. The van der Waals surface area contributed by atoms with Crippen LogP contribution >= 0.6 is 11.6 Å². The highest BCUT2D eigenvalue weighted by Gasteiger charge is 2.45. The van der Waals surface area contributed by atoms with Gasteiger partial charge in [-0.25, -0.2) is 0 Å². The fourth-order valence-electron chi connectivity index (χ4n) is 4.52. The summed E-state index contributed by atoms with van der Waals surface area (Å²) in [5.74, 6) is 1.62. The van der Waals surface area contributed by atoms with Gasteiger partial charge in [-0.05, 0) is 43.5 Å². The molecule has 154 valence electrons. The zero-order valence-corrected chi connectivity index (χ0v) is 17.6. The number of halogens is 1. The lowest BCUT2D eigenvalue weighted by Gasteiger charge is -2.40. The number of hydrogen-bond acceptors (Lipinski definition) is 5. The van der Waals surface area contributed by atoms with Crippen LogP contribution in [0.25, 0.3) is 0 Å². The summed E-state index contributed by atoms with van der Waals surface area (Å²) in [5.41, 5.74) is 0.704. The predicted molar refractivity (Wildman–Crippen MR) is 114 cm³/mol. The highest BCUT2D eigenvalue weighted by atomic mass is 35.5. The van der Waals surface area contributed by atoms with Crippen LogP contribution in [0, 0.1) is 0 Å². The minimum Gasteiger partial charge on any atom is -0.477 e. The first-order chi connectivity index (χ1) is 14.1. The lowest BCUT2D eigenvalue weighted by atomic mass is 9.77. The first-order valence-electron chi connectivity index (χ1n) is 10.4. The van der Waals surface area contributed by atoms with Crippen molar-refractivity contribution in [2.75, 3.05) is 37.7 Å². The Morgan fingerprint density at radius 3 is 2.31 bits per heavy atom. The number of rotatable bonds is 5. The van der Waals surface area contributed by atoms with E-state index in [1.54, 1.807) is 0 Å². The van der Waals surface area contributed by atoms with Crippen molar-refractivity contribution in [1.29, 1.82) is 0 Å². The van der Waals surface area contributed by atoms with Gasteiger partial charge in [-0.15, -0.1) is 10.2 Å². The number of nitrogens with zero attached hydrogens (tertiary/aromatic N) is 4. The molecule has 6 nitrogen and oxygen atoms in total. The fourth-order valence-corrected chi connectivity index (χ4v) is 4.65. The van der Waals surface area contributed by atoms with E-state index in [0.717, 1.165) is 50.2 Å². The zero-order valence-electron chi connectivity index (χ0n) is 16.8. The minimum absolute atomic E-state index is 0.259. The second-order valence-electron chi connectivity index (χ2n) is 7.74. The van der Waals surface area contributed by atoms with Crippen LogP contribution < -0.4 is 9.64 Å². The third kappa shape index (κ3) is 4.04. The molecule has 1 aliphatic heterocycles. The van der Waals surface area contributed by atoms with Gasteiger partial charge in [0, 0.05) is 37.3 Å². The topological polar surface area (TPSA) is 58.6 Å². The molecular formula is C22H27ClN4O2. The molecule has 4 rings (SSSR count). The summed E-state index contributed by atoms with van der Waals surface area (Å²) in [4.78, 5) is 17.8. The molecule has 2 fully saturated rings. The Kier molecular flexibility index (Phi) is 5.90. The number of ether oxygens (including phenoxy) is 1. The molecule has 29 heavy (non-hydrogen) atoms. The van der Waals surface area contributed by atoms with Gasteiger partial charge in [0.15, 0.2) is 5.82 Å². The smallest absolute Gasteiger partial charge is 0.233 e. The molecule has 2 aliphatic rings. The number of aromatic nitrogens is 2. The fraction of sp³-hybridized carbons (Fsp3) is 0.500. The van der Waals surface area contributed by atoms with Crippen molar-refractivity contribution < 1.29 is 9.53 Å². The predicted octanol–water partition coefficient (Wildman–Crippen LogP) is 3.69. The second-order valence-corrected chi connectivity index (χ2v) is 8.17. The molecule has 1 saturated heterocycles. The average molecular weight is 415 g/mol. The number of amides is 1. The zero-order chi connectivity index (χ0) is 20.3. The maximum atomic E-state index is 13.6. The second kappa shape index (κ2) is 8.57. The summed E-state index contributed by atoms with van der Waals surface area (Å²) in [6.45, 7) is 5.40. The Hall–Kier alpha value is -2.34. The molecule has 0 radical (unpaired) electrons. The molecule has 1 aliphatic carbocycles. The number of carbonyl (C=O) groups excluding carboxylic acids is 1. The van der Waals surface area contributed by atoms with Crippen molar-refractivity contribution >= 4 is 23.3 Å². The van der Waals surface area contributed by atoms with Crippen LogP contribution in [0.1, 0.15) is 38.2 Å². The summed E-state index contributed by atoms with van der Waals surface area (Å²) in [6.07, 6.45) is 4.02. The Balaban J connectivity index is 1.44. The first kappa shape index (κ1) is 20.0. The quantitative estimate of drug-likeness (QED) is 0.746. The van der Waals surface area contributed by atoms with Crippen molar-refractivity contribution in [2.45, 2.75) is 38.0 Å². The van der Waals surface area contributed by atoms with E-state index < -0.39 is 5.41 Å². The van der Waals surface area contributed by atoms with Gasteiger partial charge in [-0.3, -0.25) is 4.79 Å². The van der Waals surface area contributed by atoms with Crippen LogP contribution in [-0.4, -0.2) is 53.8 Å². The third-order valence-electron chi connectivity index (χ3n) is 6.07. The number of piperazine rings is 1. The van der Waals surface area contributed by atoms with Crippen LogP contribution in [0.5, 0.6) is 5.88 Å². The van der Waals surface area contributed by atoms with E-state index >= 15 is 0 Å². The van der Waals surface area contributed by atoms with E-state index in [4.69, 9.17) is 16.3 Å². The molecule has 0 N–H and O–H groups in total. The van der Waals surface area contributed by atoms with Crippen LogP contribution in [0.2, 0.25) is 5.02 Å². The van der Waals surface area contributed by atoms with Gasteiger partial charge in [0.25, 0.3) is 0 Å². The lowest BCUT2D eigenvalue weighted by molar-refractivity contribution is -0.137. The van der Waals surface area contributed by atoms with E-state index in [-0.39, 0.29) is 5.91 Å². The Morgan fingerprint density at radius 2 is 1.72 bits per heavy atom. The summed E-state index contributed by atoms with van der Waals surface area (Å²) in [7, 11) is 0. The number of anilines is 1. The van der Waals surface area contributed by atoms with Crippen molar-refractivity contribution in [3.05, 3.63) is 47.0 Å². The highest BCUT2D eigenvalue weighted by Crippen LogP contribution is 2.43. The average Bonchev–Trinajstić information content (AvgIpc) is 3.26. The molecule has 1 aromatic heterocycles. The van der Waals surface area contributed by atoms with Gasteiger partial charge in [-0.1, -0.05) is 36.6 Å². The number of carbonyl (C=O) groups is 1. The maximum Gasteiger partial charge on any atom is 0.233 e. The summed E-state index contributed by atoms with van der Waals surface area (Å²) in [5, 5.41) is 9.09. The normalized spacial score (nSPS) is 18.7. The van der Waals surface area contributed by atoms with Gasteiger partial charge in [0.1, 0.15) is 0 Å². The molecule has 0 bridgehead atoms. The van der Waals surface area contributed by atoms with Gasteiger partial charge >= 0.3 is 0 Å². The van der Waals surface area contributed by atoms with E-state index in [1.165, 1.54) is 0 Å². The molecule has 1 amide bonds. The van der Waals surface area contributed by atoms with Gasteiger partial charge < -0.3 is 14.5 Å². The Labute approximate surface area is 176 Å². The van der Waals surface area contributed by atoms with E-state index in [0.29, 0.717) is 30.6 Å². The molecule has 1 aromatic carbocycles. The van der Waals surface area contributed by atoms with E-state index in [9.17, 15) is 4.79 Å². The summed E-state index contributed by atoms with van der Waals surface area (Å²) < 4.78 is 5.36. The molecule has 2 heterocycles. The van der Waals surface area contributed by atoms with E-state index in [1.807, 2.05) is 48.2 Å². The SMILES string of the molecule is CCOc1ccc(N2CCN(C(=O)C3(c4ccc(Cl)cc4)CCCC3)CC2)nn1. The van der Waals surface area contributed by atoms with E-state index in [2.05, 4.69) is 15.1 Å². The molecule has 0 unspecified atom stereocenters. The largest absolute Gasteiger partial charge is 0.477 e. The maximum absolute atomic E-state index is 13.6. The summed E-state index contributed by atoms with van der Waals surface area (Å²) >= 11 is 6.07. The molecule has 2 aromatic rings. The van der Waals surface area contributed by atoms with Gasteiger partial charge in [-0.2, -0.15) is 0 Å². The van der Waals surface area contributed by atoms with Crippen molar-refractivity contribution in [3.8, 4) is 5.88 Å². The Morgan fingerprint density at radius 1 is 1.03 bits per heavy atom.